The van der Waals surface area contributed by atoms with Gasteiger partial charge >= 0.3 is 0 Å². The Kier molecular flexibility index (Phi) is 6.37. The number of hydrogen-bond donors (Lipinski definition) is 1. The Labute approximate surface area is 153 Å². The van der Waals surface area contributed by atoms with E-state index in [1.165, 1.54) is 0 Å². The van der Waals surface area contributed by atoms with Crippen LogP contribution in [0.2, 0.25) is 0 Å². The highest BCUT2D eigenvalue weighted by atomic mass is 32.2. The van der Waals surface area contributed by atoms with Crippen molar-refractivity contribution in [1.82, 2.24) is 14.7 Å². The third kappa shape index (κ3) is 5.65. The fraction of sp³-hybridized carbons (Fsp3) is 0.412. The second-order valence-electron chi connectivity index (χ2n) is 5.73. The van der Waals surface area contributed by atoms with Crippen molar-refractivity contribution in [3.05, 3.63) is 48.4 Å². The summed E-state index contributed by atoms with van der Waals surface area (Å²) in [6.45, 7) is 2.97. The molecule has 0 radical (unpaired) electrons. The average molecular weight is 378 g/mol. The molecule has 1 aromatic heterocycles. The van der Waals surface area contributed by atoms with Gasteiger partial charge in [-0.25, -0.2) is 23.1 Å². The fourth-order valence-electron chi connectivity index (χ4n) is 2.47. The van der Waals surface area contributed by atoms with E-state index in [2.05, 4.69) is 19.6 Å². The lowest BCUT2D eigenvalue weighted by Crippen LogP contribution is -2.37. The standard InChI is InChI=1S/C17H22N4O4S/c22-26(23,13-12-25-15-4-2-1-3-5-15)19-14-16-18-7-6-17(20-16)21-8-10-24-11-9-21/h1-7,19H,8-14H2. The van der Waals surface area contributed by atoms with Crippen molar-refractivity contribution >= 4 is 15.8 Å². The molecule has 1 saturated heterocycles. The maximum Gasteiger partial charge on any atom is 0.215 e. The first-order valence-corrected chi connectivity index (χ1v) is 10.1. The van der Waals surface area contributed by atoms with Crippen molar-refractivity contribution in [1.29, 1.82) is 0 Å². The number of aromatic nitrogens is 2. The van der Waals surface area contributed by atoms with Crippen LogP contribution in [0.4, 0.5) is 5.82 Å². The predicted octanol–water partition coefficient (Wildman–Crippen LogP) is 0.812. The molecule has 2 aromatic rings. The summed E-state index contributed by atoms with van der Waals surface area (Å²) in [5.41, 5.74) is 0. The molecule has 1 fully saturated rings. The van der Waals surface area contributed by atoms with Crippen LogP contribution in [0.3, 0.4) is 0 Å². The topological polar surface area (TPSA) is 93.7 Å². The SMILES string of the molecule is O=S(=O)(CCOc1ccccc1)NCc1nccc(N2CCOCC2)n1. The van der Waals surface area contributed by atoms with Crippen LogP contribution in [0.25, 0.3) is 0 Å². The molecule has 26 heavy (non-hydrogen) atoms. The van der Waals surface area contributed by atoms with Gasteiger partial charge in [-0.15, -0.1) is 0 Å². The van der Waals surface area contributed by atoms with Crippen molar-refractivity contribution in [3.63, 3.8) is 0 Å². The van der Waals surface area contributed by atoms with Crippen molar-refractivity contribution in [2.24, 2.45) is 0 Å². The van der Waals surface area contributed by atoms with Gasteiger partial charge in [-0.3, -0.25) is 0 Å². The van der Waals surface area contributed by atoms with Gasteiger partial charge in [0.2, 0.25) is 10.0 Å². The molecule has 1 N–H and O–H groups in total. The summed E-state index contributed by atoms with van der Waals surface area (Å²) in [5.74, 6) is 1.72. The number of rotatable bonds is 8. The first-order valence-electron chi connectivity index (χ1n) is 8.42. The molecule has 140 valence electrons. The van der Waals surface area contributed by atoms with Crippen molar-refractivity contribution in [3.8, 4) is 5.75 Å². The van der Waals surface area contributed by atoms with E-state index >= 15 is 0 Å². The number of para-hydroxylation sites is 1. The van der Waals surface area contributed by atoms with E-state index in [0.29, 0.717) is 24.8 Å². The summed E-state index contributed by atoms with van der Waals surface area (Å²) in [4.78, 5) is 10.7. The predicted molar refractivity (Wildman–Crippen MR) is 97.6 cm³/mol. The molecule has 0 atom stereocenters. The number of anilines is 1. The quantitative estimate of drug-likeness (QED) is 0.726. The minimum atomic E-state index is -3.48. The van der Waals surface area contributed by atoms with Crippen molar-refractivity contribution in [2.45, 2.75) is 6.54 Å². The van der Waals surface area contributed by atoms with Crippen LogP contribution >= 0.6 is 0 Å². The van der Waals surface area contributed by atoms with Crippen LogP contribution in [-0.2, 0) is 21.3 Å². The molecule has 0 bridgehead atoms. The van der Waals surface area contributed by atoms with Gasteiger partial charge in [0.1, 0.15) is 24.0 Å². The van der Waals surface area contributed by atoms with E-state index in [9.17, 15) is 8.42 Å². The van der Waals surface area contributed by atoms with Gasteiger partial charge in [-0.2, -0.15) is 0 Å². The molecule has 8 nitrogen and oxygen atoms in total. The number of nitrogens with zero attached hydrogens (tertiary/aromatic N) is 3. The summed E-state index contributed by atoms with van der Waals surface area (Å²) in [6.07, 6.45) is 1.64. The normalized spacial score (nSPS) is 15.0. The van der Waals surface area contributed by atoms with Crippen LogP contribution in [-0.4, -0.2) is 57.0 Å². The van der Waals surface area contributed by atoms with Crippen LogP contribution < -0.4 is 14.4 Å². The number of nitrogens with one attached hydrogen (secondary N) is 1. The van der Waals surface area contributed by atoms with E-state index in [1.807, 2.05) is 24.3 Å². The van der Waals surface area contributed by atoms with Gasteiger partial charge in [0, 0.05) is 19.3 Å². The molecular weight excluding hydrogens is 356 g/mol. The smallest absolute Gasteiger partial charge is 0.215 e. The van der Waals surface area contributed by atoms with Gasteiger partial charge in [0.05, 0.1) is 25.5 Å². The lowest BCUT2D eigenvalue weighted by Gasteiger charge is -2.27. The van der Waals surface area contributed by atoms with E-state index in [4.69, 9.17) is 9.47 Å². The zero-order valence-electron chi connectivity index (χ0n) is 14.4. The molecule has 0 saturated carbocycles. The molecule has 0 aliphatic carbocycles. The average Bonchev–Trinajstić information content (AvgIpc) is 2.68. The van der Waals surface area contributed by atoms with Gasteiger partial charge in [0.25, 0.3) is 0 Å². The van der Waals surface area contributed by atoms with Crippen LogP contribution in [0.15, 0.2) is 42.6 Å². The first kappa shape index (κ1) is 18.6. The third-order valence-electron chi connectivity index (χ3n) is 3.84. The second-order valence-corrected chi connectivity index (χ2v) is 7.66. The molecule has 2 heterocycles. The Morgan fingerprint density at radius 1 is 1.15 bits per heavy atom. The third-order valence-corrected chi connectivity index (χ3v) is 5.13. The van der Waals surface area contributed by atoms with Gasteiger partial charge < -0.3 is 14.4 Å². The minimum Gasteiger partial charge on any atom is -0.492 e. The number of ether oxygens (including phenoxy) is 2. The summed E-state index contributed by atoms with van der Waals surface area (Å²) >= 11 is 0. The maximum atomic E-state index is 12.1. The molecule has 1 aromatic carbocycles. The Morgan fingerprint density at radius 2 is 1.92 bits per heavy atom. The summed E-state index contributed by atoms with van der Waals surface area (Å²) in [7, 11) is -3.48. The zero-order valence-corrected chi connectivity index (χ0v) is 15.2. The van der Waals surface area contributed by atoms with Crippen molar-refractivity contribution < 1.29 is 17.9 Å². The highest BCUT2D eigenvalue weighted by molar-refractivity contribution is 7.89. The molecule has 0 amide bonds. The fourth-order valence-corrected chi connectivity index (χ4v) is 3.27. The van der Waals surface area contributed by atoms with E-state index in [1.54, 1.807) is 18.3 Å². The zero-order chi connectivity index (χ0) is 18.2. The van der Waals surface area contributed by atoms with E-state index in [-0.39, 0.29) is 18.9 Å². The largest absolute Gasteiger partial charge is 0.492 e. The summed E-state index contributed by atoms with van der Waals surface area (Å²) in [5, 5.41) is 0. The van der Waals surface area contributed by atoms with E-state index < -0.39 is 10.0 Å². The number of benzene rings is 1. The highest BCUT2D eigenvalue weighted by Gasteiger charge is 2.15. The Bertz CT molecular complexity index is 795. The number of morpholine rings is 1. The van der Waals surface area contributed by atoms with Crippen LogP contribution in [0.1, 0.15) is 5.82 Å². The first-order chi connectivity index (χ1) is 12.6. The Balaban J connectivity index is 1.49. The van der Waals surface area contributed by atoms with Gasteiger partial charge in [-0.1, -0.05) is 18.2 Å². The van der Waals surface area contributed by atoms with E-state index in [0.717, 1.165) is 18.9 Å². The maximum absolute atomic E-state index is 12.1. The van der Waals surface area contributed by atoms with Crippen LogP contribution in [0, 0.1) is 0 Å². The van der Waals surface area contributed by atoms with Gasteiger partial charge in [-0.05, 0) is 18.2 Å². The molecule has 1 aliphatic heterocycles. The van der Waals surface area contributed by atoms with Crippen molar-refractivity contribution in [2.75, 3.05) is 43.6 Å². The Morgan fingerprint density at radius 3 is 2.69 bits per heavy atom. The van der Waals surface area contributed by atoms with Gasteiger partial charge in [0.15, 0.2) is 0 Å². The molecule has 0 unspecified atom stereocenters. The van der Waals surface area contributed by atoms with Crippen LogP contribution in [0.5, 0.6) is 5.75 Å². The molecule has 0 spiro atoms. The monoisotopic (exact) mass is 378 g/mol. The summed E-state index contributed by atoms with van der Waals surface area (Å²) in [6, 6.07) is 10.9. The highest BCUT2D eigenvalue weighted by Crippen LogP contribution is 2.12. The number of hydrogen-bond acceptors (Lipinski definition) is 7. The molecular formula is C17H22N4O4S. The second kappa shape index (κ2) is 8.93. The molecule has 1 aliphatic rings. The summed E-state index contributed by atoms with van der Waals surface area (Å²) < 4.78 is 37.5. The molecule has 3 rings (SSSR count). The Hall–Kier alpha value is -2.23. The lowest BCUT2D eigenvalue weighted by atomic mass is 10.3. The number of sulfonamides is 1. The lowest BCUT2D eigenvalue weighted by molar-refractivity contribution is 0.122. The minimum absolute atomic E-state index is 0.0475. The molecule has 9 heteroatoms.